The molecule has 1 aliphatic rings. The summed E-state index contributed by atoms with van der Waals surface area (Å²) in [4.78, 5) is 33.5. The molecule has 0 radical (unpaired) electrons. The third-order valence-corrected chi connectivity index (χ3v) is 3.61. The number of rotatable bonds is 2. The molecule has 0 unspecified atom stereocenters. The zero-order chi connectivity index (χ0) is 17.0. The lowest BCUT2D eigenvalue weighted by molar-refractivity contribution is 0.0204. The van der Waals surface area contributed by atoms with Crippen LogP contribution in [0.1, 0.15) is 55.8 Å². The highest BCUT2D eigenvalue weighted by Gasteiger charge is 2.28. The van der Waals surface area contributed by atoms with Crippen LogP contribution in [0, 0.1) is 0 Å². The molecular formula is C16H23N3O4. The van der Waals surface area contributed by atoms with Crippen molar-refractivity contribution < 1.29 is 19.1 Å². The number of hydrogen-bond donors (Lipinski definition) is 0. The average molecular weight is 321 g/mol. The van der Waals surface area contributed by atoms with Crippen molar-refractivity contribution in [1.29, 1.82) is 0 Å². The first-order chi connectivity index (χ1) is 10.8. The standard InChI is InChI=1S/C16H23N3O4/c1-16(2,3)23-15(21)19-9-6-11(7-10-19)12-5-8-17-13(18-12)14(20)22-4/h5,8,11H,6-7,9-10H2,1-4H3. The quantitative estimate of drug-likeness (QED) is 0.778. The Hall–Kier alpha value is -2.18. The van der Waals surface area contributed by atoms with Crippen LogP contribution in [0.4, 0.5) is 4.79 Å². The topological polar surface area (TPSA) is 81.6 Å². The molecule has 7 heteroatoms. The van der Waals surface area contributed by atoms with Gasteiger partial charge in [-0.05, 0) is 39.7 Å². The molecule has 1 saturated heterocycles. The molecule has 1 amide bonds. The summed E-state index contributed by atoms with van der Waals surface area (Å²) in [5.41, 5.74) is 0.319. The van der Waals surface area contributed by atoms with Crippen LogP contribution in [-0.2, 0) is 9.47 Å². The smallest absolute Gasteiger partial charge is 0.410 e. The second-order valence-electron chi connectivity index (χ2n) is 6.54. The number of piperidine rings is 1. The van der Waals surface area contributed by atoms with Gasteiger partial charge in [-0.25, -0.2) is 19.6 Å². The minimum atomic E-state index is -0.543. The Morgan fingerprint density at radius 3 is 2.48 bits per heavy atom. The number of aromatic nitrogens is 2. The van der Waals surface area contributed by atoms with Crippen molar-refractivity contribution in [2.75, 3.05) is 20.2 Å². The fourth-order valence-corrected chi connectivity index (χ4v) is 2.47. The molecule has 126 valence electrons. The molecule has 1 fully saturated rings. The van der Waals surface area contributed by atoms with Crippen LogP contribution in [0.2, 0.25) is 0 Å². The van der Waals surface area contributed by atoms with Gasteiger partial charge in [-0.2, -0.15) is 0 Å². The van der Waals surface area contributed by atoms with Gasteiger partial charge in [0, 0.05) is 30.9 Å². The summed E-state index contributed by atoms with van der Waals surface area (Å²) in [5, 5.41) is 0. The van der Waals surface area contributed by atoms with Crippen molar-refractivity contribution in [1.82, 2.24) is 14.9 Å². The van der Waals surface area contributed by atoms with Crippen LogP contribution in [0.5, 0.6) is 0 Å². The molecule has 0 atom stereocenters. The molecule has 0 N–H and O–H groups in total. The van der Waals surface area contributed by atoms with E-state index in [2.05, 4.69) is 14.7 Å². The Morgan fingerprint density at radius 1 is 1.26 bits per heavy atom. The van der Waals surface area contributed by atoms with E-state index in [0.29, 0.717) is 13.1 Å². The number of ether oxygens (including phenoxy) is 2. The van der Waals surface area contributed by atoms with E-state index < -0.39 is 11.6 Å². The van der Waals surface area contributed by atoms with Gasteiger partial charge < -0.3 is 14.4 Å². The van der Waals surface area contributed by atoms with Crippen LogP contribution in [0.15, 0.2) is 12.3 Å². The normalized spacial score (nSPS) is 16.1. The lowest BCUT2D eigenvalue weighted by atomic mass is 9.93. The minimum absolute atomic E-state index is 0.0690. The Labute approximate surface area is 136 Å². The molecule has 7 nitrogen and oxygen atoms in total. The van der Waals surface area contributed by atoms with Crippen LogP contribution < -0.4 is 0 Å². The van der Waals surface area contributed by atoms with E-state index in [4.69, 9.17) is 4.74 Å². The number of carbonyl (C=O) groups excluding carboxylic acids is 2. The molecule has 0 spiro atoms. The summed E-state index contributed by atoms with van der Waals surface area (Å²) in [6.45, 7) is 6.78. The molecule has 0 aromatic carbocycles. The molecule has 0 saturated carbocycles. The Bertz CT molecular complexity index is 575. The summed E-state index contributed by atoms with van der Waals surface area (Å²) < 4.78 is 10.0. The van der Waals surface area contributed by atoms with Gasteiger partial charge in [0.05, 0.1) is 7.11 Å². The first-order valence-electron chi connectivity index (χ1n) is 7.69. The maximum absolute atomic E-state index is 12.1. The van der Waals surface area contributed by atoms with Gasteiger partial charge in [0.25, 0.3) is 0 Å². The largest absolute Gasteiger partial charge is 0.463 e. The van der Waals surface area contributed by atoms with Crippen molar-refractivity contribution in [3.63, 3.8) is 0 Å². The third kappa shape index (κ3) is 4.64. The molecule has 1 aromatic rings. The fourth-order valence-electron chi connectivity index (χ4n) is 2.47. The van der Waals surface area contributed by atoms with Crippen molar-refractivity contribution in [3.8, 4) is 0 Å². The van der Waals surface area contributed by atoms with Crippen LogP contribution in [0.25, 0.3) is 0 Å². The summed E-state index contributed by atoms with van der Waals surface area (Å²) in [6, 6.07) is 1.81. The van der Waals surface area contributed by atoms with Crippen LogP contribution >= 0.6 is 0 Å². The molecule has 1 aliphatic heterocycles. The van der Waals surface area contributed by atoms with Crippen molar-refractivity contribution >= 4 is 12.1 Å². The monoisotopic (exact) mass is 321 g/mol. The highest BCUT2D eigenvalue weighted by atomic mass is 16.6. The maximum Gasteiger partial charge on any atom is 0.410 e. The molecule has 2 rings (SSSR count). The minimum Gasteiger partial charge on any atom is -0.463 e. The summed E-state index contributed by atoms with van der Waals surface area (Å²) in [7, 11) is 1.30. The second kappa shape index (κ2) is 6.93. The number of esters is 1. The molecule has 1 aromatic heterocycles. The molecule has 0 bridgehead atoms. The molecule has 0 aliphatic carbocycles. The number of carbonyl (C=O) groups is 2. The lowest BCUT2D eigenvalue weighted by Gasteiger charge is -2.33. The number of likely N-dealkylation sites (tertiary alicyclic amines) is 1. The fraction of sp³-hybridized carbons (Fsp3) is 0.625. The summed E-state index contributed by atoms with van der Waals surface area (Å²) in [5.74, 6) is -0.280. The van der Waals surface area contributed by atoms with Gasteiger partial charge in [-0.15, -0.1) is 0 Å². The number of methoxy groups -OCH3 is 1. The Morgan fingerprint density at radius 2 is 1.91 bits per heavy atom. The molecular weight excluding hydrogens is 298 g/mol. The molecule has 2 heterocycles. The van der Waals surface area contributed by atoms with E-state index in [1.807, 2.05) is 20.8 Å². The van der Waals surface area contributed by atoms with Gasteiger partial charge in [0.1, 0.15) is 5.60 Å². The van der Waals surface area contributed by atoms with Crippen molar-refractivity contribution in [3.05, 3.63) is 23.8 Å². The van der Waals surface area contributed by atoms with E-state index in [-0.39, 0.29) is 17.8 Å². The molecule has 23 heavy (non-hydrogen) atoms. The van der Waals surface area contributed by atoms with Crippen LogP contribution in [0.3, 0.4) is 0 Å². The lowest BCUT2D eigenvalue weighted by Crippen LogP contribution is -2.41. The number of hydrogen-bond acceptors (Lipinski definition) is 6. The van der Waals surface area contributed by atoms with Gasteiger partial charge in [-0.1, -0.05) is 0 Å². The second-order valence-corrected chi connectivity index (χ2v) is 6.54. The number of nitrogens with zero attached hydrogens (tertiary/aromatic N) is 3. The maximum atomic E-state index is 12.1. The zero-order valence-electron chi connectivity index (χ0n) is 14.0. The predicted octanol–water partition coefficient (Wildman–Crippen LogP) is 2.38. The Kier molecular flexibility index (Phi) is 5.18. The van der Waals surface area contributed by atoms with E-state index in [1.165, 1.54) is 7.11 Å². The van der Waals surface area contributed by atoms with Gasteiger partial charge in [-0.3, -0.25) is 0 Å². The van der Waals surface area contributed by atoms with E-state index >= 15 is 0 Å². The number of amides is 1. The average Bonchev–Trinajstić information content (AvgIpc) is 2.53. The highest BCUT2D eigenvalue weighted by Crippen LogP contribution is 2.27. The Balaban J connectivity index is 1.97. The zero-order valence-corrected chi connectivity index (χ0v) is 14.0. The SMILES string of the molecule is COC(=O)c1nccc(C2CCN(C(=O)OC(C)(C)C)CC2)n1. The first-order valence-corrected chi connectivity index (χ1v) is 7.69. The van der Waals surface area contributed by atoms with Crippen molar-refractivity contribution in [2.24, 2.45) is 0 Å². The van der Waals surface area contributed by atoms with E-state index in [0.717, 1.165) is 18.5 Å². The third-order valence-electron chi connectivity index (χ3n) is 3.61. The van der Waals surface area contributed by atoms with Gasteiger partial charge in [0.15, 0.2) is 0 Å². The first kappa shape index (κ1) is 17.2. The van der Waals surface area contributed by atoms with Gasteiger partial charge in [0.2, 0.25) is 5.82 Å². The summed E-state index contributed by atoms with van der Waals surface area (Å²) in [6.07, 6.45) is 2.83. The van der Waals surface area contributed by atoms with Gasteiger partial charge >= 0.3 is 12.1 Å². The van der Waals surface area contributed by atoms with Crippen molar-refractivity contribution in [2.45, 2.75) is 45.1 Å². The summed E-state index contributed by atoms with van der Waals surface area (Å²) >= 11 is 0. The van der Waals surface area contributed by atoms with E-state index in [1.54, 1.807) is 17.2 Å². The predicted molar refractivity (Wildman–Crippen MR) is 83.2 cm³/mol. The highest BCUT2D eigenvalue weighted by molar-refractivity contribution is 5.84. The van der Waals surface area contributed by atoms with Crippen LogP contribution in [-0.4, -0.2) is 52.7 Å². The van der Waals surface area contributed by atoms with E-state index in [9.17, 15) is 9.59 Å².